The molecule has 0 aromatic rings. The molecule has 0 radical (unpaired) electrons. The molecular formula is C6H9NO. The summed E-state index contributed by atoms with van der Waals surface area (Å²) in [6, 6.07) is 0. The van der Waals surface area contributed by atoms with E-state index in [1.54, 1.807) is 6.20 Å². The maximum Gasteiger partial charge on any atom is 0.228 e. The normalized spacial score (nSPS) is 18.1. The summed E-state index contributed by atoms with van der Waals surface area (Å²) in [7, 11) is 0. The van der Waals surface area contributed by atoms with E-state index in [0.29, 0.717) is 6.42 Å². The fourth-order valence-electron chi connectivity index (χ4n) is 0.718. The second-order valence-corrected chi connectivity index (χ2v) is 1.90. The fourth-order valence-corrected chi connectivity index (χ4v) is 0.718. The Morgan fingerprint density at radius 1 is 1.88 bits per heavy atom. The van der Waals surface area contributed by atoms with Crippen molar-refractivity contribution in [2.75, 3.05) is 0 Å². The smallest absolute Gasteiger partial charge is 0.228 e. The van der Waals surface area contributed by atoms with Crippen molar-refractivity contribution in [1.82, 2.24) is 5.32 Å². The van der Waals surface area contributed by atoms with E-state index in [9.17, 15) is 4.79 Å². The highest BCUT2D eigenvalue weighted by Crippen LogP contribution is 2.09. The molecule has 0 saturated heterocycles. The quantitative estimate of drug-likeness (QED) is 0.532. The maximum atomic E-state index is 10.4. The SMILES string of the molecule is CCC1=CNC(=O)C1. The van der Waals surface area contributed by atoms with Crippen molar-refractivity contribution in [2.24, 2.45) is 0 Å². The van der Waals surface area contributed by atoms with Gasteiger partial charge in [-0.1, -0.05) is 6.92 Å². The second kappa shape index (κ2) is 1.99. The molecule has 1 aliphatic rings. The third-order valence-corrected chi connectivity index (χ3v) is 1.28. The van der Waals surface area contributed by atoms with Gasteiger partial charge in [0.2, 0.25) is 5.91 Å². The van der Waals surface area contributed by atoms with E-state index in [4.69, 9.17) is 0 Å². The van der Waals surface area contributed by atoms with Gasteiger partial charge in [-0.15, -0.1) is 0 Å². The van der Waals surface area contributed by atoms with Crippen LogP contribution in [-0.2, 0) is 4.79 Å². The summed E-state index contributed by atoms with van der Waals surface area (Å²) in [6.07, 6.45) is 3.39. The van der Waals surface area contributed by atoms with Gasteiger partial charge in [0.25, 0.3) is 0 Å². The van der Waals surface area contributed by atoms with Crippen molar-refractivity contribution in [2.45, 2.75) is 19.8 Å². The Morgan fingerprint density at radius 3 is 2.88 bits per heavy atom. The van der Waals surface area contributed by atoms with Crippen molar-refractivity contribution in [1.29, 1.82) is 0 Å². The molecule has 0 atom stereocenters. The van der Waals surface area contributed by atoms with Gasteiger partial charge in [0, 0.05) is 12.6 Å². The van der Waals surface area contributed by atoms with Crippen molar-refractivity contribution in [3.63, 3.8) is 0 Å². The number of carbonyl (C=O) groups is 1. The van der Waals surface area contributed by atoms with E-state index >= 15 is 0 Å². The highest BCUT2D eigenvalue weighted by Gasteiger charge is 2.08. The highest BCUT2D eigenvalue weighted by molar-refractivity contribution is 5.82. The molecule has 0 aliphatic carbocycles. The van der Waals surface area contributed by atoms with Gasteiger partial charge in [-0.3, -0.25) is 4.79 Å². The molecule has 2 nitrogen and oxygen atoms in total. The Labute approximate surface area is 48.6 Å². The van der Waals surface area contributed by atoms with Crippen LogP contribution in [0.25, 0.3) is 0 Å². The number of nitrogens with one attached hydrogen (secondary N) is 1. The average Bonchev–Trinajstić information content (AvgIpc) is 2.14. The first-order valence-corrected chi connectivity index (χ1v) is 2.80. The molecule has 0 aromatic carbocycles. The van der Waals surface area contributed by atoms with Crippen LogP contribution < -0.4 is 5.32 Å². The Kier molecular flexibility index (Phi) is 1.33. The Balaban J connectivity index is 2.49. The number of amides is 1. The van der Waals surface area contributed by atoms with Crippen LogP contribution in [0.4, 0.5) is 0 Å². The molecular weight excluding hydrogens is 102 g/mol. The zero-order valence-corrected chi connectivity index (χ0v) is 4.90. The van der Waals surface area contributed by atoms with Crippen LogP contribution in [0.5, 0.6) is 0 Å². The van der Waals surface area contributed by atoms with E-state index in [2.05, 4.69) is 5.32 Å². The lowest BCUT2D eigenvalue weighted by Gasteiger charge is -1.86. The van der Waals surface area contributed by atoms with Crippen LogP contribution in [-0.4, -0.2) is 5.91 Å². The van der Waals surface area contributed by atoms with Crippen LogP contribution in [0.2, 0.25) is 0 Å². The predicted molar refractivity (Wildman–Crippen MR) is 31.1 cm³/mol. The van der Waals surface area contributed by atoms with Gasteiger partial charge in [-0.05, 0) is 12.0 Å². The molecule has 1 heterocycles. The molecule has 0 spiro atoms. The molecule has 0 unspecified atom stereocenters. The molecule has 0 aromatic heterocycles. The van der Waals surface area contributed by atoms with E-state index in [0.717, 1.165) is 6.42 Å². The average molecular weight is 111 g/mol. The van der Waals surface area contributed by atoms with Gasteiger partial charge < -0.3 is 5.32 Å². The minimum absolute atomic E-state index is 0.127. The maximum absolute atomic E-state index is 10.4. The lowest BCUT2D eigenvalue weighted by molar-refractivity contribution is -0.118. The largest absolute Gasteiger partial charge is 0.332 e. The molecule has 0 fully saturated rings. The standard InChI is InChI=1S/C6H9NO/c1-2-5-3-6(8)7-4-5/h4H,2-3H2,1H3,(H,7,8). The molecule has 0 bridgehead atoms. The summed E-state index contributed by atoms with van der Waals surface area (Å²) in [5.41, 5.74) is 1.20. The third kappa shape index (κ3) is 0.886. The van der Waals surface area contributed by atoms with Gasteiger partial charge >= 0.3 is 0 Å². The number of carbonyl (C=O) groups excluding carboxylic acids is 1. The van der Waals surface area contributed by atoms with Gasteiger partial charge in [0.1, 0.15) is 0 Å². The fraction of sp³-hybridized carbons (Fsp3) is 0.500. The lowest BCUT2D eigenvalue weighted by atomic mass is 10.2. The Morgan fingerprint density at radius 2 is 2.62 bits per heavy atom. The van der Waals surface area contributed by atoms with Crippen molar-refractivity contribution in [3.05, 3.63) is 11.8 Å². The number of hydrogen-bond acceptors (Lipinski definition) is 1. The number of rotatable bonds is 1. The molecule has 1 N–H and O–H groups in total. The predicted octanol–water partition coefficient (Wildman–Crippen LogP) is 0.800. The Bertz CT molecular complexity index is 137. The van der Waals surface area contributed by atoms with E-state index in [-0.39, 0.29) is 5.91 Å². The van der Waals surface area contributed by atoms with Gasteiger partial charge in [0.15, 0.2) is 0 Å². The molecule has 44 valence electrons. The molecule has 1 rings (SSSR count). The summed E-state index contributed by atoms with van der Waals surface area (Å²) in [5, 5.41) is 2.62. The van der Waals surface area contributed by atoms with Crippen molar-refractivity contribution < 1.29 is 4.79 Å². The molecule has 8 heavy (non-hydrogen) atoms. The van der Waals surface area contributed by atoms with Crippen LogP contribution in [0.15, 0.2) is 11.8 Å². The Hall–Kier alpha value is -0.790. The number of hydrogen-bond donors (Lipinski definition) is 1. The molecule has 1 aliphatic heterocycles. The van der Waals surface area contributed by atoms with Crippen molar-refractivity contribution in [3.8, 4) is 0 Å². The summed E-state index contributed by atoms with van der Waals surface area (Å²) < 4.78 is 0. The van der Waals surface area contributed by atoms with E-state index < -0.39 is 0 Å². The van der Waals surface area contributed by atoms with Crippen LogP contribution in [0, 0.1) is 0 Å². The summed E-state index contributed by atoms with van der Waals surface area (Å²) in [4.78, 5) is 10.4. The minimum atomic E-state index is 0.127. The summed E-state index contributed by atoms with van der Waals surface area (Å²) in [5.74, 6) is 0.127. The first-order valence-electron chi connectivity index (χ1n) is 2.80. The monoisotopic (exact) mass is 111 g/mol. The van der Waals surface area contributed by atoms with Gasteiger partial charge in [-0.2, -0.15) is 0 Å². The first kappa shape index (κ1) is 5.35. The van der Waals surface area contributed by atoms with Crippen LogP contribution in [0.3, 0.4) is 0 Å². The van der Waals surface area contributed by atoms with Crippen LogP contribution in [0.1, 0.15) is 19.8 Å². The van der Waals surface area contributed by atoms with Gasteiger partial charge in [0.05, 0.1) is 0 Å². The van der Waals surface area contributed by atoms with E-state index in [1.165, 1.54) is 5.57 Å². The van der Waals surface area contributed by atoms with Gasteiger partial charge in [-0.25, -0.2) is 0 Å². The zero-order chi connectivity index (χ0) is 5.98. The minimum Gasteiger partial charge on any atom is -0.332 e. The second-order valence-electron chi connectivity index (χ2n) is 1.90. The summed E-state index contributed by atoms with van der Waals surface area (Å²) in [6.45, 7) is 2.05. The third-order valence-electron chi connectivity index (χ3n) is 1.28. The molecule has 0 saturated carbocycles. The highest BCUT2D eigenvalue weighted by atomic mass is 16.1. The first-order chi connectivity index (χ1) is 3.83. The van der Waals surface area contributed by atoms with E-state index in [1.807, 2.05) is 6.92 Å². The molecule has 2 heteroatoms. The zero-order valence-electron chi connectivity index (χ0n) is 4.90. The summed E-state index contributed by atoms with van der Waals surface area (Å²) >= 11 is 0. The molecule has 1 amide bonds. The van der Waals surface area contributed by atoms with Crippen LogP contribution >= 0.6 is 0 Å². The lowest BCUT2D eigenvalue weighted by Crippen LogP contribution is -2.08. The topological polar surface area (TPSA) is 29.1 Å². The van der Waals surface area contributed by atoms with Crippen molar-refractivity contribution >= 4 is 5.91 Å².